The number of nitrogens with zero attached hydrogens (tertiary/aromatic N) is 2. The molecule has 0 amide bonds. The molecule has 0 aliphatic heterocycles. The van der Waals surface area contributed by atoms with Crippen molar-refractivity contribution >= 4 is 33.8 Å². The van der Waals surface area contributed by atoms with Crippen molar-refractivity contribution in [3.05, 3.63) is 196 Å². The summed E-state index contributed by atoms with van der Waals surface area (Å²) >= 11 is 0. The van der Waals surface area contributed by atoms with Crippen LogP contribution in [0.25, 0.3) is 11.3 Å². The Kier molecular flexibility index (Phi) is 16.2. The second-order valence-corrected chi connectivity index (χ2v) is 17.2. The van der Waals surface area contributed by atoms with Crippen LogP contribution in [0.4, 0.5) is 105 Å². The minimum absolute atomic E-state index is 0.0495. The molecule has 7 aromatic rings. The van der Waals surface area contributed by atoms with Gasteiger partial charge in [0.2, 0.25) is 12.3 Å². The number of aromatic hydroxyl groups is 1. The van der Waals surface area contributed by atoms with Gasteiger partial charge in [0.25, 0.3) is 0 Å². The Balaban J connectivity index is 0.000000378. The minimum Gasteiger partial charge on any atom is -0.508 e. The predicted octanol–water partition coefficient (Wildman–Crippen LogP) is 13.8. The van der Waals surface area contributed by atoms with E-state index in [4.69, 9.17) is 0 Å². The van der Waals surface area contributed by atoms with Crippen LogP contribution in [0, 0.1) is 0 Å². The van der Waals surface area contributed by atoms with Gasteiger partial charge >= 0.3 is 49.4 Å². The van der Waals surface area contributed by atoms with Crippen molar-refractivity contribution in [1.29, 1.82) is 0 Å². The highest BCUT2D eigenvalue weighted by atomic mass is 19.4. The van der Waals surface area contributed by atoms with Gasteiger partial charge in [0.15, 0.2) is 12.4 Å². The molecule has 1 N–H and O–H groups in total. The fraction of sp³-hybridized carbons (Fsp3) is 0.180. The van der Waals surface area contributed by atoms with Crippen LogP contribution in [-0.4, -0.2) is 22.0 Å². The molecule has 6 aromatic carbocycles. The maximum Gasteiger partial charge on any atom is 0.416 e. The first kappa shape index (κ1) is 60.5. The highest BCUT2D eigenvalue weighted by molar-refractivity contribution is 7.20. The number of phenolic OH excluding ortho intramolecular Hbond substituents is 1. The Morgan fingerprint density at radius 1 is 0.405 bits per heavy atom. The van der Waals surface area contributed by atoms with Gasteiger partial charge in [-0.15, -0.1) is 0 Å². The summed E-state index contributed by atoms with van der Waals surface area (Å²) in [5.74, 6) is 0.264. The molecular formula is C50H27BF24N2O2. The summed E-state index contributed by atoms with van der Waals surface area (Å²) in [6.07, 6.45) is -49.5. The average Bonchev–Trinajstić information content (AvgIpc) is 3.54. The van der Waals surface area contributed by atoms with Gasteiger partial charge in [-0.2, -0.15) is 132 Å². The smallest absolute Gasteiger partial charge is 0.416 e. The monoisotopic (exact) mass is 1150 g/mol. The van der Waals surface area contributed by atoms with Crippen LogP contribution in [0.3, 0.4) is 0 Å². The molecule has 1 aromatic heterocycles. The number of phenols is 1. The van der Waals surface area contributed by atoms with E-state index in [2.05, 4.69) is 4.98 Å². The third kappa shape index (κ3) is 14.1. The van der Waals surface area contributed by atoms with Gasteiger partial charge in [-0.1, -0.05) is 78.9 Å². The van der Waals surface area contributed by atoms with Crippen LogP contribution in [0.15, 0.2) is 146 Å². The number of rotatable bonds is 8. The standard InChI is InChI=1S/C32H12BF24.C18H14N2O2/c34-25(35,36)13-1-14(26(37,38)39)6-21(5-13)33(22-7-15(27(40,41)42)2-16(8-22)28(43,44)45,23-9-17(29(46,47)48)3-18(10-23)30(49,50)51)24-11-19(31(52,53)54)4-20(12-24)32(55,56)57;21-16-8-6-14(7-9-16)17-12-20(11-10-19-17)13-18(22)15-4-2-1-3-5-15/h1-12H;1-12H,13H2/q-1;/p+1. The molecule has 7 rings (SSSR count). The summed E-state index contributed by atoms with van der Waals surface area (Å²) in [5, 5.41) is 9.33. The zero-order valence-electron chi connectivity index (χ0n) is 38.5. The van der Waals surface area contributed by atoms with Crippen LogP contribution < -0.4 is 26.4 Å². The lowest BCUT2D eigenvalue weighted by molar-refractivity contribution is -0.683. The van der Waals surface area contributed by atoms with E-state index in [0.29, 0.717) is 5.56 Å². The van der Waals surface area contributed by atoms with E-state index in [0.717, 1.165) is 11.3 Å². The first-order valence-corrected chi connectivity index (χ1v) is 21.6. The molecule has 29 heteroatoms. The van der Waals surface area contributed by atoms with E-state index in [1.54, 1.807) is 36.7 Å². The molecule has 79 heavy (non-hydrogen) atoms. The van der Waals surface area contributed by atoms with Crippen molar-refractivity contribution in [2.75, 3.05) is 0 Å². The normalized spacial score (nSPS) is 13.2. The van der Waals surface area contributed by atoms with Gasteiger partial charge in [-0.25, -0.2) is 4.98 Å². The molecule has 0 radical (unpaired) electrons. The Morgan fingerprint density at radius 3 is 0.949 bits per heavy atom. The minimum atomic E-state index is -6.13. The lowest BCUT2D eigenvalue weighted by Gasteiger charge is -2.46. The molecule has 4 nitrogen and oxygen atoms in total. The highest BCUT2D eigenvalue weighted by Gasteiger charge is 2.47. The lowest BCUT2D eigenvalue weighted by atomic mass is 9.12. The fourth-order valence-electron chi connectivity index (χ4n) is 8.26. The first-order chi connectivity index (χ1) is 36.0. The molecule has 1 heterocycles. The van der Waals surface area contributed by atoms with Crippen molar-refractivity contribution in [2.45, 2.75) is 56.0 Å². The summed E-state index contributed by atoms with van der Waals surface area (Å²) < 4.78 is 343. The maximum atomic E-state index is 14.2. The van der Waals surface area contributed by atoms with E-state index in [9.17, 15) is 115 Å². The van der Waals surface area contributed by atoms with Crippen LogP contribution in [0.1, 0.15) is 54.9 Å². The number of carbonyl (C=O) groups excluding carboxylic acids is 1. The number of hydrogen-bond acceptors (Lipinski definition) is 3. The first-order valence-electron chi connectivity index (χ1n) is 21.6. The SMILES string of the molecule is FC(F)(F)c1cc([B-](c2cc(C(F)(F)F)cc(C(F)(F)F)c2)(c2cc(C(F)(F)F)cc(C(F)(F)F)c2)c2cc(C(F)(F)F)cc(C(F)(F)F)c2)cc(C(F)(F)F)c1.O=C(C[n+]1ccnc(-c2ccc(O)cc2)c1)c1ccccc1. The van der Waals surface area contributed by atoms with Crippen molar-refractivity contribution in [3.63, 3.8) is 0 Å². The van der Waals surface area contributed by atoms with Crippen LogP contribution in [-0.2, 0) is 56.0 Å². The molecule has 0 bridgehead atoms. The summed E-state index contributed by atoms with van der Waals surface area (Å²) in [7, 11) is 0. The molecule has 0 aliphatic rings. The van der Waals surface area contributed by atoms with E-state index in [-0.39, 0.29) is 18.1 Å². The molecule has 0 atom stereocenters. The van der Waals surface area contributed by atoms with Gasteiger partial charge < -0.3 is 5.11 Å². The third-order valence-corrected chi connectivity index (χ3v) is 11.8. The summed E-state index contributed by atoms with van der Waals surface area (Å²) in [6.45, 7) is 0.262. The fourth-order valence-corrected chi connectivity index (χ4v) is 8.26. The van der Waals surface area contributed by atoms with Gasteiger partial charge in [-0.05, 0) is 48.5 Å². The largest absolute Gasteiger partial charge is 0.508 e. The number of halogens is 24. The Bertz CT molecular complexity index is 2900. The van der Waals surface area contributed by atoms with E-state index >= 15 is 0 Å². The second-order valence-electron chi connectivity index (χ2n) is 17.2. The molecule has 0 saturated carbocycles. The summed E-state index contributed by atoms with van der Waals surface area (Å²) in [5.41, 5.74) is -27.9. The number of alkyl halides is 24. The Hall–Kier alpha value is -7.75. The van der Waals surface area contributed by atoms with Gasteiger partial charge in [0, 0.05) is 11.1 Å². The lowest BCUT2D eigenvalue weighted by Crippen LogP contribution is -2.75. The molecular weight excluding hydrogens is 1130 g/mol. The summed E-state index contributed by atoms with van der Waals surface area (Å²) in [4.78, 5) is 16.5. The van der Waals surface area contributed by atoms with Crippen molar-refractivity contribution < 1.29 is 120 Å². The van der Waals surface area contributed by atoms with E-state index in [1.807, 2.05) is 41.1 Å². The average molecular weight is 1150 g/mol. The molecule has 420 valence electrons. The van der Waals surface area contributed by atoms with E-state index < -0.39 is 195 Å². The van der Waals surface area contributed by atoms with Crippen LogP contribution in [0.5, 0.6) is 5.75 Å². The van der Waals surface area contributed by atoms with Crippen LogP contribution >= 0.6 is 0 Å². The molecule has 0 unspecified atom stereocenters. The number of hydrogen-bond donors (Lipinski definition) is 1. The van der Waals surface area contributed by atoms with Crippen molar-refractivity contribution in [1.82, 2.24) is 4.98 Å². The van der Waals surface area contributed by atoms with Crippen molar-refractivity contribution in [2.24, 2.45) is 0 Å². The quantitative estimate of drug-likeness (QED) is 0.0714. The predicted molar refractivity (Wildman–Crippen MR) is 232 cm³/mol. The zero-order valence-corrected chi connectivity index (χ0v) is 38.5. The van der Waals surface area contributed by atoms with Crippen molar-refractivity contribution in [3.8, 4) is 17.0 Å². The Morgan fingerprint density at radius 2 is 0.684 bits per heavy atom. The number of ketones is 1. The number of carbonyl (C=O) groups is 1. The molecule has 0 aliphatic carbocycles. The number of Topliss-reactive ketones (excluding diaryl/α,β-unsaturated/α-hetero) is 1. The summed E-state index contributed by atoms with van der Waals surface area (Å²) in [6, 6.07) is 7.22. The zero-order chi connectivity index (χ0) is 59.3. The highest BCUT2D eigenvalue weighted by Crippen LogP contribution is 2.41. The maximum absolute atomic E-state index is 14.2. The Labute approximate surface area is 427 Å². The molecule has 0 fully saturated rings. The number of aromatic nitrogens is 2. The molecule has 0 saturated heterocycles. The number of benzene rings is 6. The van der Waals surface area contributed by atoms with E-state index in [1.165, 1.54) is 0 Å². The van der Waals surface area contributed by atoms with Gasteiger partial charge in [0.05, 0.1) is 50.7 Å². The van der Waals surface area contributed by atoms with Gasteiger partial charge in [0.1, 0.15) is 17.6 Å². The van der Waals surface area contributed by atoms with Gasteiger partial charge in [-0.3, -0.25) is 4.79 Å². The van der Waals surface area contributed by atoms with Crippen LogP contribution in [0.2, 0.25) is 0 Å². The second kappa shape index (κ2) is 21.1. The molecule has 0 spiro atoms. The third-order valence-electron chi connectivity index (χ3n) is 11.8. The topological polar surface area (TPSA) is 54.1 Å².